The number of fused-ring (bicyclic) bond motifs is 1. The van der Waals surface area contributed by atoms with E-state index in [-0.39, 0.29) is 23.5 Å². The van der Waals surface area contributed by atoms with Crippen molar-refractivity contribution in [1.82, 2.24) is 15.5 Å². The Hall–Kier alpha value is -2.72. The first kappa shape index (κ1) is 38.3. The van der Waals surface area contributed by atoms with Gasteiger partial charge in [-0.3, -0.25) is 14.4 Å². The largest absolute Gasteiger partial charge is 0.470 e. The molecule has 0 bridgehead atoms. The van der Waals surface area contributed by atoms with Crippen LogP contribution in [0, 0.1) is 34.5 Å². The van der Waals surface area contributed by atoms with E-state index in [0.29, 0.717) is 30.8 Å². The van der Waals surface area contributed by atoms with Crippen molar-refractivity contribution in [1.29, 1.82) is 5.26 Å². The van der Waals surface area contributed by atoms with Gasteiger partial charge in [-0.05, 0) is 76.2 Å². The molecule has 5 aliphatic rings. The highest BCUT2D eigenvalue weighted by Gasteiger charge is 2.61. The number of alkyl halides is 3. The zero-order valence-corrected chi connectivity index (χ0v) is 26.3. The Morgan fingerprint density at radius 3 is 2.09 bits per heavy atom. The molecule has 1 spiro atoms. The SMILES string of the molecule is CC.CN1CC2C(C1)C2(C)C.C[C@H](CC=O)OC1CCC1.N#CC(CC1CC2(CC2)NC1=O)NC=O.NC(=O)C(F)(F)F. The summed E-state index contributed by atoms with van der Waals surface area (Å²) in [5.74, 6) is -0.289. The molecule has 3 aliphatic carbocycles. The number of nitriles is 1. The van der Waals surface area contributed by atoms with Crippen LogP contribution in [0.4, 0.5) is 13.2 Å². The van der Waals surface area contributed by atoms with E-state index in [4.69, 9.17) is 14.8 Å². The van der Waals surface area contributed by atoms with Crippen LogP contribution < -0.4 is 16.4 Å². The number of nitrogens with two attached hydrogens (primary N) is 1. The summed E-state index contributed by atoms with van der Waals surface area (Å²) >= 11 is 0. The number of hydrogen-bond donors (Lipinski definition) is 3. The Kier molecular flexibility index (Phi) is 15.1. The molecule has 3 saturated carbocycles. The molecule has 5 fully saturated rings. The molecule has 246 valence electrons. The average molecular weight is 618 g/mol. The number of primary amides is 1. The zero-order valence-electron chi connectivity index (χ0n) is 26.3. The van der Waals surface area contributed by atoms with Gasteiger partial charge in [0.15, 0.2) is 0 Å². The summed E-state index contributed by atoms with van der Waals surface area (Å²) in [6.45, 7) is 13.4. The summed E-state index contributed by atoms with van der Waals surface area (Å²) in [5.41, 5.74) is 4.55. The number of halogens is 3. The third-order valence-corrected chi connectivity index (χ3v) is 8.68. The van der Waals surface area contributed by atoms with Crippen LogP contribution >= 0.6 is 0 Å². The molecule has 13 heteroatoms. The average Bonchev–Trinajstić information content (AvgIpc) is 3.62. The molecule has 2 heterocycles. The molecular weight excluding hydrogens is 567 g/mol. The van der Waals surface area contributed by atoms with Gasteiger partial charge in [0.1, 0.15) is 12.3 Å². The number of likely N-dealkylation sites (tertiary alicyclic amines) is 1. The molecule has 43 heavy (non-hydrogen) atoms. The summed E-state index contributed by atoms with van der Waals surface area (Å²) in [4.78, 5) is 43.3. The highest BCUT2D eigenvalue weighted by atomic mass is 19.4. The number of aldehydes is 1. The predicted octanol–water partition coefficient (Wildman–Crippen LogP) is 3.48. The van der Waals surface area contributed by atoms with Crippen LogP contribution in [-0.2, 0) is 23.9 Å². The van der Waals surface area contributed by atoms with Crippen molar-refractivity contribution in [2.75, 3.05) is 20.1 Å². The lowest BCUT2D eigenvalue weighted by Crippen LogP contribution is -2.31. The zero-order chi connectivity index (χ0) is 33.0. The molecule has 0 aromatic heterocycles. The van der Waals surface area contributed by atoms with E-state index in [1.807, 2.05) is 26.8 Å². The second kappa shape index (κ2) is 16.9. The van der Waals surface area contributed by atoms with Crippen molar-refractivity contribution >= 4 is 24.5 Å². The van der Waals surface area contributed by atoms with E-state index >= 15 is 0 Å². The molecule has 5 atom stereocenters. The molecule has 4 N–H and O–H groups in total. The molecule has 2 saturated heterocycles. The Labute approximate surface area is 253 Å². The molecule has 0 aromatic carbocycles. The molecule has 0 radical (unpaired) electrons. The second-order valence-corrected chi connectivity index (χ2v) is 12.4. The van der Waals surface area contributed by atoms with Gasteiger partial charge in [0, 0.05) is 31.0 Å². The van der Waals surface area contributed by atoms with Crippen molar-refractivity contribution in [2.24, 2.45) is 28.9 Å². The number of rotatable bonds is 8. The second-order valence-electron chi connectivity index (χ2n) is 12.4. The lowest BCUT2D eigenvalue weighted by atomic mass is 9.96. The van der Waals surface area contributed by atoms with Crippen molar-refractivity contribution < 1.29 is 37.1 Å². The quantitative estimate of drug-likeness (QED) is 0.352. The maximum absolute atomic E-state index is 11.5. The van der Waals surface area contributed by atoms with Crippen LogP contribution in [0.15, 0.2) is 0 Å². The molecule has 3 amide bonds. The smallest absolute Gasteiger partial charge is 0.375 e. The fraction of sp³-hybridized carbons (Fsp3) is 0.833. The van der Waals surface area contributed by atoms with E-state index in [1.54, 1.807) is 0 Å². The normalized spacial score (nSPS) is 26.6. The van der Waals surface area contributed by atoms with Crippen LogP contribution in [0.3, 0.4) is 0 Å². The van der Waals surface area contributed by atoms with E-state index in [2.05, 4.69) is 42.2 Å². The van der Waals surface area contributed by atoms with Crippen molar-refractivity contribution in [3.63, 3.8) is 0 Å². The lowest BCUT2D eigenvalue weighted by molar-refractivity contribution is -0.169. The lowest BCUT2D eigenvalue weighted by Gasteiger charge is -2.28. The van der Waals surface area contributed by atoms with Gasteiger partial charge in [0.25, 0.3) is 0 Å². The number of carbonyl (C=O) groups is 4. The number of hydrogen-bond acceptors (Lipinski definition) is 7. The van der Waals surface area contributed by atoms with Gasteiger partial charge in [-0.15, -0.1) is 0 Å². The third kappa shape index (κ3) is 12.4. The summed E-state index contributed by atoms with van der Waals surface area (Å²) in [6, 6.07) is 1.43. The van der Waals surface area contributed by atoms with Gasteiger partial charge in [-0.25, -0.2) is 0 Å². The van der Waals surface area contributed by atoms with E-state index in [0.717, 1.165) is 37.4 Å². The Balaban J connectivity index is 0.000000292. The predicted molar refractivity (Wildman–Crippen MR) is 155 cm³/mol. The van der Waals surface area contributed by atoms with Crippen LogP contribution in [0.1, 0.15) is 86.0 Å². The highest BCUT2D eigenvalue weighted by Crippen LogP contribution is 2.61. The molecule has 5 rings (SSSR count). The van der Waals surface area contributed by atoms with Crippen molar-refractivity contribution in [3.8, 4) is 6.07 Å². The molecule has 4 unspecified atom stereocenters. The Morgan fingerprint density at radius 1 is 1.23 bits per heavy atom. The van der Waals surface area contributed by atoms with Crippen LogP contribution in [0.25, 0.3) is 0 Å². The van der Waals surface area contributed by atoms with Gasteiger partial charge < -0.3 is 30.8 Å². The maximum Gasteiger partial charge on any atom is 0.470 e. The molecule has 10 nitrogen and oxygen atoms in total. The van der Waals surface area contributed by atoms with Crippen LogP contribution in [0.2, 0.25) is 0 Å². The third-order valence-electron chi connectivity index (χ3n) is 8.68. The summed E-state index contributed by atoms with van der Waals surface area (Å²) < 4.78 is 37.6. The number of carbonyl (C=O) groups excluding carboxylic acids is 4. The fourth-order valence-electron chi connectivity index (χ4n) is 5.53. The van der Waals surface area contributed by atoms with E-state index in [1.165, 1.54) is 32.4 Å². The number of nitrogens with zero attached hydrogens (tertiary/aromatic N) is 2. The molecular formula is C30H50F3N5O5. The fourth-order valence-corrected chi connectivity index (χ4v) is 5.53. The van der Waals surface area contributed by atoms with Gasteiger partial charge in [0.05, 0.1) is 18.3 Å². The van der Waals surface area contributed by atoms with E-state index in [9.17, 15) is 27.6 Å². The minimum absolute atomic E-state index is 0.0282. The summed E-state index contributed by atoms with van der Waals surface area (Å²) in [6.07, 6.45) is 4.67. The summed E-state index contributed by atoms with van der Waals surface area (Å²) in [7, 11) is 2.22. The van der Waals surface area contributed by atoms with Gasteiger partial charge in [-0.1, -0.05) is 27.7 Å². The Morgan fingerprint density at radius 2 is 1.77 bits per heavy atom. The number of piperidine rings is 1. The van der Waals surface area contributed by atoms with Crippen molar-refractivity contribution in [3.05, 3.63) is 0 Å². The minimum Gasteiger partial charge on any atom is -0.375 e. The summed E-state index contributed by atoms with van der Waals surface area (Å²) in [5, 5.41) is 14.1. The number of amides is 3. The minimum atomic E-state index is -4.86. The first-order valence-corrected chi connectivity index (χ1v) is 15.1. The number of nitrogens with one attached hydrogen (secondary N) is 2. The van der Waals surface area contributed by atoms with Gasteiger partial charge in [-0.2, -0.15) is 18.4 Å². The first-order chi connectivity index (χ1) is 20.1. The van der Waals surface area contributed by atoms with Crippen LogP contribution in [0.5, 0.6) is 0 Å². The molecule has 0 aromatic rings. The maximum atomic E-state index is 11.5. The molecule has 2 aliphatic heterocycles. The standard InChI is InChI=1S/C10H13N3O2.C8H15N.C8H14O2.C2H2F3NO.C2H6/c11-5-8(12-6-14)3-7-4-10(1-2-10)13-9(7)15;1-8(2)6-4-9(3)5-7(6)8;1-7(5-6-9)10-8-3-2-4-8;3-2(4,5)1(6)7;1-2/h6-8H,1-4H2,(H,12,14)(H,13,15);6-7H,4-5H2,1-3H3;6-8H,2-5H2,1H3;(H2,6,7);1-2H3/t;;7-;;/m..1../s1. The van der Waals surface area contributed by atoms with E-state index < -0.39 is 18.1 Å². The first-order valence-electron chi connectivity index (χ1n) is 15.1. The van der Waals surface area contributed by atoms with Crippen molar-refractivity contribution in [2.45, 2.75) is 116 Å². The monoisotopic (exact) mass is 617 g/mol. The van der Waals surface area contributed by atoms with Gasteiger partial charge in [0.2, 0.25) is 12.3 Å². The van der Waals surface area contributed by atoms with Gasteiger partial charge >= 0.3 is 12.1 Å². The van der Waals surface area contributed by atoms with Crippen LogP contribution in [-0.4, -0.2) is 79.5 Å². The highest BCUT2D eigenvalue weighted by molar-refractivity contribution is 5.83. The number of ether oxygens (including phenoxy) is 1. The topological polar surface area (TPSA) is 155 Å². The Bertz CT molecular complexity index is 949.